The van der Waals surface area contributed by atoms with E-state index in [1.165, 1.54) is 0 Å². The van der Waals surface area contributed by atoms with Crippen LogP contribution in [0.25, 0.3) is 0 Å². The molecule has 1 aliphatic rings. The van der Waals surface area contributed by atoms with Gasteiger partial charge in [0.15, 0.2) is 18.1 Å². The Morgan fingerprint density at radius 1 is 1.08 bits per heavy atom. The molecule has 0 aromatic heterocycles. The summed E-state index contributed by atoms with van der Waals surface area (Å²) >= 11 is 3.28. The molecule has 1 heterocycles. The monoisotopic (exact) mass is 391 g/mol. The molecule has 1 aliphatic heterocycles. The van der Waals surface area contributed by atoms with Crippen LogP contribution >= 0.6 is 15.9 Å². The highest BCUT2D eigenvalue weighted by Crippen LogP contribution is 2.32. The van der Waals surface area contributed by atoms with Crippen LogP contribution in [0.4, 0.5) is 5.69 Å². The van der Waals surface area contributed by atoms with E-state index in [2.05, 4.69) is 21.2 Å². The Morgan fingerprint density at radius 2 is 1.88 bits per heavy atom. The Balaban J connectivity index is 1.55. The first kappa shape index (κ1) is 16.3. The molecular formula is C17H14BrNO5. The summed E-state index contributed by atoms with van der Waals surface area (Å²) in [6.07, 6.45) is 0. The molecule has 1 amide bonds. The van der Waals surface area contributed by atoms with Gasteiger partial charge in [0.1, 0.15) is 13.2 Å². The lowest BCUT2D eigenvalue weighted by Crippen LogP contribution is -2.21. The minimum absolute atomic E-state index is 0.372. The fraction of sp³-hybridized carbons (Fsp3) is 0.176. The number of carbonyl (C=O) groups excluding carboxylic acids is 2. The molecule has 0 saturated heterocycles. The van der Waals surface area contributed by atoms with E-state index in [-0.39, 0.29) is 6.61 Å². The molecule has 124 valence electrons. The number of anilines is 1. The van der Waals surface area contributed by atoms with Gasteiger partial charge in [-0.05, 0) is 30.3 Å². The van der Waals surface area contributed by atoms with E-state index in [0.29, 0.717) is 36.0 Å². The normalized spacial score (nSPS) is 12.4. The number of ether oxygens (including phenoxy) is 3. The Kier molecular flexibility index (Phi) is 5.00. The van der Waals surface area contributed by atoms with Crippen LogP contribution in [0.15, 0.2) is 46.9 Å². The van der Waals surface area contributed by atoms with Gasteiger partial charge in [0.05, 0.1) is 5.56 Å². The number of hydrogen-bond acceptors (Lipinski definition) is 5. The fourth-order valence-electron chi connectivity index (χ4n) is 2.15. The molecule has 0 bridgehead atoms. The van der Waals surface area contributed by atoms with E-state index < -0.39 is 11.9 Å². The van der Waals surface area contributed by atoms with Crippen molar-refractivity contribution >= 4 is 33.5 Å². The second kappa shape index (κ2) is 7.35. The van der Waals surface area contributed by atoms with Crippen LogP contribution in [0.1, 0.15) is 10.4 Å². The molecule has 2 aromatic rings. The van der Waals surface area contributed by atoms with Crippen molar-refractivity contribution in [3.63, 3.8) is 0 Å². The molecule has 3 rings (SSSR count). The van der Waals surface area contributed by atoms with Crippen LogP contribution in [0.2, 0.25) is 0 Å². The number of carbonyl (C=O) groups is 2. The summed E-state index contributed by atoms with van der Waals surface area (Å²) in [7, 11) is 0. The first-order chi connectivity index (χ1) is 11.6. The van der Waals surface area contributed by atoms with Crippen molar-refractivity contribution in [2.75, 3.05) is 25.1 Å². The first-order valence-corrected chi connectivity index (χ1v) is 8.03. The van der Waals surface area contributed by atoms with Gasteiger partial charge in [-0.2, -0.15) is 0 Å². The van der Waals surface area contributed by atoms with Crippen LogP contribution in [0.3, 0.4) is 0 Å². The van der Waals surface area contributed by atoms with Crippen LogP contribution < -0.4 is 14.8 Å². The van der Waals surface area contributed by atoms with Crippen molar-refractivity contribution < 1.29 is 23.8 Å². The van der Waals surface area contributed by atoms with Crippen molar-refractivity contribution in [3.8, 4) is 11.5 Å². The van der Waals surface area contributed by atoms with Crippen LogP contribution in [-0.4, -0.2) is 31.7 Å². The minimum atomic E-state index is -0.561. The van der Waals surface area contributed by atoms with Gasteiger partial charge in [0.2, 0.25) is 0 Å². The molecule has 2 aromatic carbocycles. The third-order valence-corrected chi connectivity index (χ3v) is 3.71. The molecule has 0 unspecified atom stereocenters. The molecular weight excluding hydrogens is 378 g/mol. The molecule has 0 saturated carbocycles. The number of amides is 1. The highest BCUT2D eigenvalue weighted by atomic mass is 79.9. The largest absolute Gasteiger partial charge is 0.486 e. The Bertz CT molecular complexity index is 777. The summed E-state index contributed by atoms with van der Waals surface area (Å²) in [4.78, 5) is 23.8. The van der Waals surface area contributed by atoms with Crippen molar-refractivity contribution in [1.82, 2.24) is 0 Å². The molecule has 7 heteroatoms. The van der Waals surface area contributed by atoms with Crippen LogP contribution in [0.5, 0.6) is 11.5 Å². The van der Waals surface area contributed by atoms with Gasteiger partial charge >= 0.3 is 5.97 Å². The zero-order chi connectivity index (χ0) is 16.9. The van der Waals surface area contributed by atoms with Crippen LogP contribution in [0, 0.1) is 0 Å². The number of esters is 1. The average Bonchev–Trinajstić information content (AvgIpc) is 2.59. The fourth-order valence-corrected chi connectivity index (χ4v) is 2.55. The molecule has 0 aliphatic carbocycles. The predicted molar refractivity (Wildman–Crippen MR) is 90.5 cm³/mol. The zero-order valence-electron chi connectivity index (χ0n) is 12.6. The maximum absolute atomic E-state index is 11.9. The third kappa shape index (κ3) is 4.05. The first-order valence-electron chi connectivity index (χ1n) is 7.24. The van der Waals surface area contributed by atoms with E-state index >= 15 is 0 Å². The number of hydrogen-bond donors (Lipinski definition) is 1. The quantitative estimate of drug-likeness (QED) is 0.810. The Morgan fingerprint density at radius 3 is 2.67 bits per heavy atom. The molecule has 24 heavy (non-hydrogen) atoms. The second-order valence-electron chi connectivity index (χ2n) is 4.99. The second-order valence-corrected chi connectivity index (χ2v) is 5.91. The summed E-state index contributed by atoms with van der Waals surface area (Å²) in [5.74, 6) is 0.217. The summed E-state index contributed by atoms with van der Waals surface area (Å²) < 4.78 is 16.6. The van der Waals surface area contributed by atoms with Gasteiger partial charge in [-0.15, -0.1) is 0 Å². The number of rotatable bonds is 4. The van der Waals surface area contributed by atoms with Gasteiger partial charge < -0.3 is 19.5 Å². The van der Waals surface area contributed by atoms with Gasteiger partial charge in [-0.25, -0.2) is 4.79 Å². The number of halogens is 1. The van der Waals surface area contributed by atoms with E-state index in [4.69, 9.17) is 14.2 Å². The number of benzene rings is 2. The third-order valence-electron chi connectivity index (χ3n) is 3.22. The van der Waals surface area contributed by atoms with E-state index in [9.17, 15) is 9.59 Å². The summed E-state index contributed by atoms with van der Waals surface area (Å²) in [5.41, 5.74) is 0.916. The summed E-state index contributed by atoms with van der Waals surface area (Å²) in [5, 5.41) is 2.65. The average molecular weight is 392 g/mol. The van der Waals surface area contributed by atoms with Gasteiger partial charge in [-0.3, -0.25) is 4.79 Å². The van der Waals surface area contributed by atoms with E-state index in [0.717, 1.165) is 4.47 Å². The molecule has 1 N–H and O–H groups in total. The van der Waals surface area contributed by atoms with E-state index in [1.54, 1.807) is 42.5 Å². The predicted octanol–water partition coefficient (Wildman–Crippen LogP) is 3.02. The van der Waals surface area contributed by atoms with Crippen molar-refractivity contribution in [3.05, 3.63) is 52.5 Å². The highest BCUT2D eigenvalue weighted by Gasteiger charge is 2.14. The van der Waals surface area contributed by atoms with Crippen molar-refractivity contribution in [2.24, 2.45) is 0 Å². The topological polar surface area (TPSA) is 73.9 Å². The number of fused-ring (bicyclic) bond motifs is 1. The standard InChI is InChI=1S/C17H14BrNO5/c18-12-3-1-2-11(8-12)17(21)24-10-16(20)19-13-4-5-14-15(9-13)23-7-6-22-14/h1-5,8-9H,6-7,10H2,(H,19,20). The van der Waals surface area contributed by atoms with Crippen LogP contribution in [-0.2, 0) is 9.53 Å². The number of nitrogens with one attached hydrogen (secondary N) is 1. The van der Waals surface area contributed by atoms with Gasteiger partial charge in [0, 0.05) is 16.2 Å². The van der Waals surface area contributed by atoms with Crippen molar-refractivity contribution in [1.29, 1.82) is 0 Å². The lowest BCUT2D eigenvalue weighted by atomic mass is 10.2. The lowest BCUT2D eigenvalue weighted by Gasteiger charge is -2.19. The smallest absolute Gasteiger partial charge is 0.338 e. The highest BCUT2D eigenvalue weighted by molar-refractivity contribution is 9.10. The Hall–Kier alpha value is -2.54. The molecule has 0 radical (unpaired) electrons. The van der Waals surface area contributed by atoms with E-state index in [1.807, 2.05) is 0 Å². The Labute approximate surface area is 146 Å². The maximum atomic E-state index is 11.9. The molecule has 6 nitrogen and oxygen atoms in total. The molecule has 0 fully saturated rings. The van der Waals surface area contributed by atoms with Gasteiger partial charge in [-0.1, -0.05) is 22.0 Å². The van der Waals surface area contributed by atoms with Crippen molar-refractivity contribution in [2.45, 2.75) is 0 Å². The van der Waals surface area contributed by atoms with Gasteiger partial charge in [0.25, 0.3) is 5.91 Å². The summed E-state index contributed by atoms with van der Waals surface area (Å²) in [6.45, 7) is 0.596. The summed E-state index contributed by atoms with van der Waals surface area (Å²) in [6, 6.07) is 11.8. The maximum Gasteiger partial charge on any atom is 0.338 e. The lowest BCUT2D eigenvalue weighted by molar-refractivity contribution is -0.119. The molecule has 0 spiro atoms. The SMILES string of the molecule is O=C(COC(=O)c1cccc(Br)c1)Nc1ccc2c(c1)OCCO2. The minimum Gasteiger partial charge on any atom is -0.486 e. The molecule has 0 atom stereocenters. The zero-order valence-corrected chi connectivity index (χ0v) is 14.2.